The molecule has 1 rings (SSSR count). The van der Waals surface area contributed by atoms with Gasteiger partial charge in [0.05, 0.1) is 12.6 Å². The standard InChI is InChI=1S/C12H24N2O2/c1-12(2,3)14-11(15)8-13-9-6-5-7-10(9)16-4/h9-10,13H,5-8H2,1-4H3,(H,14,15). The molecule has 2 unspecified atom stereocenters. The molecule has 16 heavy (non-hydrogen) atoms. The number of rotatable bonds is 4. The highest BCUT2D eigenvalue weighted by atomic mass is 16.5. The summed E-state index contributed by atoms with van der Waals surface area (Å²) in [5.74, 6) is 0.0502. The van der Waals surface area contributed by atoms with Crippen molar-refractivity contribution in [1.29, 1.82) is 0 Å². The van der Waals surface area contributed by atoms with E-state index in [0.717, 1.165) is 12.8 Å². The van der Waals surface area contributed by atoms with E-state index in [1.165, 1.54) is 6.42 Å². The largest absolute Gasteiger partial charge is 0.380 e. The van der Waals surface area contributed by atoms with Crippen LogP contribution in [0.4, 0.5) is 0 Å². The number of carbonyl (C=O) groups is 1. The van der Waals surface area contributed by atoms with Gasteiger partial charge in [-0.1, -0.05) is 0 Å². The van der Waals surface area contributed by atoms with Crippen LogP contribution in [0.2, 0.25) is 0 Å². The van der Waals surface area contributed by atoms with Gasteiger partial charge >= 0.3 is 0 Å². The van der Waals surface area contributed by atoms with Crippen LogP contribution in [0, 0.1) is 0 Å². The van der Waals surface area contributed by atoms with Crippen molar-refractivity contribution in [3.8, 4) is 0 Å². The van der Waals surface area contributed by atoms with E-state index in [-0.39, 0.29) is 17.6 Å². The van der Waals surface area contributed by atoms with Gasteiger partial charge in [-0.15, -0.1) is 0 Å². The quantitative estimate of drug-likeness (QED) is 0.756. The summed E-state index contributed by atoms with van der Waals surface area (Å²) in [6.07, 6.45) is 3.63. The maximum Gasteiger partial charge on any atom is 0.234 e. The summed E-state index contributed by atoms with van der Waals surface area (Å²) in [5, 5.41) is 6.20. The molecule has 0 aromatic heterocycles. The molecule has 4 nitrogen and oxygen atoms in total. The number of hydrogen-bond donors (Lipinski definition) is 2. The lowest BCUT2D eigenvalue weighted by Crippen LogP contribution is -2.48. The lowest BCUT2D eigenvalue weighted by atomic mass is 10.1. The van der Waals surface area contributed by atoms with Gasteiger partial charge < -0.3 is 15.4 Å². The van der Waals surface area contributed by atoms with Gasteiger partial charge in [-0.3, -0.25) is 4.79 Å². The summed E-state index contributed by atoms with van der Waals surface area (Å²) in [5.41, 5.74) is -0.158. The fraction of sp³-hybridized carbons (Fsp3) is 0.917. The Balaban J connectivity index is 2.26. The normalized spacial score (nSPS) is 25.8. The van der Waals surface area contributed by atoms with Gasteiger partial charge in [0.15, 0.2) is 0 Å². The van der Waals surface area contributed by atoms with Gasteiger partial charge in [0.2, 0.25) is 5.91 Å². The van der Waals surface area contributed by atoms with Gasteiger partial charge in [0, 0.05) is 18.7 Å². The second-order valence-corrected chi connectivity index (χ2v) is 5.49. The molecule has 94 valence electrons. The molecule has 4 heteroatoms. The minimum Gasteiger partial charge on any atom is -0.380 e. The van der Waals surface area contributed by atoms with E-state index in [1.54, 1.807) is 7.11 Å². The number of ether oxygens (including phenoxy) is 1. The molecule has 1 amide bonds. The molecule has 2 N–H and O–H groups in total. The van der Waals surface area contributed by atoms with Gasteiger partial charge in [0.25, 0.3) is 0 Å². The maximum absolute atomic E-state index is 11.6. The molecule has 0 aliphatic heterocycles. The van der Waals surface area contributed by atoms with Gasteiger partial charge in [-0.25, -0.2) is 0 Å². The van der Waals surface area contributed by atoms with Crippen LogP contribution in [0.5, 0.6) is 0 Å². The second kappa shape index (κ2) is 5.64. The van der Waals surface area contributed by atoms with Crippen LogP contribution in [0.1, 0.15) is 40.0 Å². The summed E-state index contributed by atoms with van der Waals surface area (Å²) in [7, 11) is 1.74. The zero-order valence-corrected chi connectivity index (χ0v) is 10.8. The third-order valence-corrected chi connectivity index (χ3v) is 2.79. The van der Waals surface area contributed by atoms with Crippen molar-refractivity contribution >= 4 is 5.91 Å². The highest BCUT2D eigenvalue weighted by Gasteiger charge is 2.27. The number of amides is 1. The van der Waals surface area contributed by atoms with E-state index >= 15 is 0 Å². The molecule has 0 radical (unpaired) electrons. The number of hydrogen-bond acceptors (Lipinski definition) is 3. The third-order valence-electron chi connectivity index (χ3n) is 2.79. The van der Waals surface area contributed by atoms with Gasteiger partial charge in [-0.05, 0) is 40.0 Å². The van der Waals surface area contributed by atoms with E-state index < -0.39 is 0 Å². The first kappa shape index (κ1) is 13.5. The van der Waals surface area contributed by atoms with Crippen molar-refractivity contribution in [2.75, 3.05) is 13.7 Å². The summed E-state index contributed by atoms with van der Waals surface area (Å²) >= 11 is 0. The van der Waals surface area contributed by atoms with E-state index in [4.69, 9.17) is 4.74 Å². The van der Waals surface area contributed by atoms with Crippen LogP contribution in [0.15, 0.2) is 0 Å². The molecule has 1 aliphatic rings. The zero-order chi connectivity index (χ0) is 12.2. The average molecular weight is 228 g/mol. The van der Waals surface area contributed by atoms with Crippen molar-refractivity contribution in [1.82, 2.24) is 10.6 Å². The van der Waals surface area contributed by atoms with Crippen molar-refractivity contribution in [2.24, 2.45) is 0 Å². The Bertz CT molecular complexity index is 236. The Labute approximate surface area is 98.1 Å². The fourth-order valence-corrected chi connectivity index (χ4v) is 2.13. The number of carbonyl (C=O) groups excluding carboxylic acids is 1. The third kappa shape index (κ3) is 4.49. The van der Waals surface area contributed by atoms with Crippen LogP contribution in [0.25, 0.3) is 0 Å². The lowest BCUT2D eigenvalue weighted by molar-refractivity contribution is -0.121. The summed E-state index contributed by atoms with van der Waals surface area (Å²) in [6.45, 7) is 6.33. The first-order chi connectivity index (χ1) is 7.42. The molecule has 1 fully saturated rings. The topological polar surface area (TPSA) is 50.4 Å². The molecule has 1 aliphatic carbocycles. The van der Waals surface area contributed by atoms with E-state index in [9.17, 15) is 4.79 Å². The SMILES string of the molecule is COC1CCCC1NCC(=O)NC(C)(C)C. The average Bonchev–Trinajstić information content (AvgIpc) is 2.59. The summed E-state index contributed by atoms with van der Waals surface area (Å²) in [4.78, 5) is 11.6. The predicted octanol–water partition coefficient (Wildman–Crippen LogP) is 1.06. The molecule has 0 spiro atoms. The summed E-state index contributed by atoms with van der Waals surface area (Å²) in [6, 6.07) is 0.329. The Morgan fingerprint density at radius 2 is 2.06 bits per heavy atom. The van der Waals surface area contributed by atoms with Crippen LogP contribution in [0.3, 0.4) is 0 Å². The van der Waals surface area contributed by atoms with Crippen molar-refractivity contribution in [2.45, 2.75) is 57.7 Å². The van der Waals surface area contributed by atoms with E-state index in [0.29, 0.717) is 12.6 Å². The highest BCUT2D eigenvalue weighted by Crippen LogP contribution is 2.21. The van der Waals surface area contributed by atoms with Gasteiger partial charge in [0.1, 0.15) is 0 Å². The van der Waals surface area contributed by atoms with Crippen molar-refractivity contribution < 1.29 is 9.53 Å². The molecular formula is C12H24N2O2. The molecule has 0 aromatic rings. The Morgan fingerprint density at radius 1 is 1.38 bits per heavy atom. The van der Waals surface area contributed by atoms with Crippen LogP contribution in [-0.2, 0) is 9.53 Å². The summed E-state index contributed by atoms with van der Waals surface area (Å²) < 4.78 is 5.36. The smallest absolute Gasteiger partial charge is 0.234 e. The van der Waals surface area contributed by atoms with Crippen molar-refractivity contribution in [3.05, 3.63) is 0 Å². The van der Waals surface area contributed by atoms with Crippen LogP contribution < -0.4 is 10.6 Å². The second-order valence-electron chi connectivity index (χ2n) is 5.49. The Hall–Kier alpha value is -0.610. The van der Waals surface area contributed by atoms with E-state index in [1.807, 2.05) is 20.8 Å². The number of methoxy groups -OCH3 is 1. The minimum absolute atomic E-state index is 0.0502. The van der Waals surface area contributed by atoms with E-state index in [2.05, 4.69) is 10.6 Å². The zero-order valence-electron chi connectivity index (χ0n) is 10.8. The van der Waals surface area contributed by atoms with Crippen LogP contribution >= 0.6 is 0 Å². The Morgan fingerprint density at radius 3 is 2.62 bits per heavy atom. The fourth-order valence-electron chi connectivity index (χ4n) is 2.13. The minimum atomic E-state index is -0.158. The molecule has 0 heterocycles. The Kier molecular flexibility index (Phi) is 4.74. The molecule has 0 saturated heterocycles. The molecule has 0 bridgehead atoms. The molecule has 1 saturated carbocycles. The highest BCUT2D eigenvalue weighted by molar-refractivity contribution is 5.78. The monoisotopic (exact) mass is 228 g/mol. The predicted molar refractivity (Wildman–Crippen MR) is 64.3 cm³/mol. The van der Waals surface area contributed by atoms with Crippen LogP contribution in [-0.4, -0.2) is 37.2 Å². The lowest BCUT2D eigenvalue weighted by Gasteiger charge is -2.23. The van der Waals surface area contributed by atoms with Gasteiger partial charge in [-0.2, -0.15) is 0 Å². The maximum atomic E-state index is 11.6. The first-order valence-corrected chi connectivity index (χ1v) is 5.99. The molecular weight excluding hydrogens is 204 g/mol. The first-order valence-electron chi connectivity index (χ1n) is 5.99. The van der Waals surface area contributed by atoms with Crippen molar-refractivity contribution in [3.63, 3.8) is 0 Å². The number of nitrogens with one attached hydrogen (secondary N) is 2. The molecule has 0 aromatic carbocycles. The molecule has 2 atom stereocenters.